The zero-order valence-electron chi connectivity index (χ0n) is 15.4. The Hall–Kier alpha value is -2.76. The molecule has 2 aromatic rings. The first-order valence-electron chi connectivity index (χ1n) is 9.12. The van der Waals surface area contributed by atoms with Gasteiger partial charge in [0, 0.05) is 41.8 Å². The normalized spacial score (nSPS) is 17.9. The third kappa shape index (κ3) is 4.07. The van der Waals surface area contributed by atoms with Gasteiger partial charge in [0.2, 0.25) is 5.91 Å². The van der Waals surface area contributed by atoms with Crippen LogP contribution in [0.1, 0.15) is 20.3 Å². The smallest absolute Gasteiger partial charge is 0.222 e. The number of benzene rings is 1. The highest BCUT2D eigenvalue weighted by atomic mass is 16.1. The van der Waals surface area contributed by atoms with E-state index in [0.29, 0.717) is 6.54 Å². The third-order valence-electron chi connectivity index (χ3n) is 4.63. The Morgan fingerprint density at radius 2 is 2.31 bits per heavy atom. The largest absolute Gasteiger partial charge is 0.405 e. The second-order valence-electron chi connectivity index (χ2n) is 6.96. The topological polar surface area (TPSA) is 86.5 Å². The average molecular weight is 353 g/mol. The van der Waals surface area contributed by atoms with Crippen molar-refractivity contribution in [3.05, 3.63) is 42.7 Å². The minimum atomic E-state index is 0.00304. The molecule has 0 saturated carbocycles. The summed E-state index contributed by atoms with van der Waals surface area (Å²) < 4.78 is 0. The minimum absolute atomic E-state index is 0.00304. The molecule has 138 valence electrons. The standard InChI is InChI=1S/C20H27N5O/c1-14(2)20(26)23-10-7-16-13-25(12-15(24-16)6-9-21)19-5-3-4-18-17(19)8-11-22-18/h3-6,8-9,11,14,16,22H,7,10,12-13,21H2,1-2H3,(H,23,26). The Morgan fingerprint density at radius 1 is 1.46 bits per heavy atom. The summed E-state index contributed by atoms with van der Waals surface area (Å²) >= 11 is 0. The SMILES string of the molecule is CC(C)C(=O)NCCC1CN(c2cccc3[nH]ccc23)CC(C=CN)=N1. The Labute approximate surface area is 154 Å². The van der Waals surface area contributed by atoms with Gasteiger partial charge in [-0.25, -0.2) is 0 Å². The van der Waals surface area contributed by atoms with Gasteiger partial charge in [-0.15, -0.1) is 0 Å². The van der Waals surface area contributed by atoms with Crippen molar-refractivity contribution < 1.29 is 4.79 Å². The zero-order chi connectivity index (χ0) is 18.5. The number of carbonyl (C=O) groups is 1. The molecule has 1 atom stereocenters. The van der Waals surface area contributed by atoms with Crippen LogP contribution >= 0.6 is 0 Å². The Morgan fingerprint density at radius 3 is 3.08 bits per heavy atom. The Kier molecular flexibility index (Phi) is 5.61. The van der Waals surface area contributed by atoms with E-state index in [1.165, 1.54) is 17.3 Å². The highest BCUT2D eigenvalue weighted by Crippen LogP contribution is 2.28. The minimum Gasteiger partial charge on any atom is -0.405 e. The molecule has 6 heteroatoms. The predicted octanol–water partition coefficient (Wildman–Crippen LogP) is 2.43. The number of hydrogen-bond donors (Lipinski definition) is 3. The van der Waals surface area contributed by atoms with Crippen molar-refractivity contribution in [1.82, 2.24) is 10.3 Å². The zero-order valence-corrected chi connectivity index (χ0v) is 15.4. The van der Waals surface area contributed by atoms with Crippen LogP contribution in [-0.2, 0) is 4.79 Å². The number of fused-ring (bicyclic) bond motifs is 1. The summed E-state index contributed by atoms with van der Waals surface area (Å²) in [4.78, 5) is 22.2. The number of nitrogens with one attached hydrogen (secondary N) is 2. The molecule has 1 amide bonds. The van der Waals surface area contributed by atoms with Crippen molar-refractivity contribution in [1.29, 1.82) is 0 Å². The highest BCUT2D eigenvalue weighted by Gasteiger charge is 2.22. The van der Waals surface area contributed by atoms with Crippen molar-refractivity contribution in [2.45, 2.75) is 26.3 Å². The Balaban J connectivity index is 1.75. The van der Waals surface area contributed by atoms with Crippen molar-refractivity contribution in [2.75, 3.05) is 24.5 Å². The van der Waals surface area contributed by atoms with Gasteiger partial charge in [-0.1, -0.05) is 19.9 Å². The van der Waals surface area contributed by atoms with Crippen LogP contribution < -0.4 is 16.0 Å². The fourth-order valence-electron chi connectivity index (χ4n) is 3.29. The summed E-state index contributed by atoms with van der Waals surface area (Å²) in [6, 6.07) is 8.51. The van der Waals surface area contributed by atoms with E-state index in [4.69, 9.17) is 10.7 Å². The maximum Gasteiger partial charge on any atom is 0.222 e. The van der Waals surface area contributed by atoms with Gasteiger partial charge in [0.05, 0.1) is 18.3 Å². The van der Waals surface area contributed by atoms with Crippen molar-refractivity contribution in [2.24, 2.45) is 16.6 Å². The number of aromatic amines is 1. The molecule has 0 fully saturated rings. The van der Waals surface area contributed by atoms with E-state index in [2.05, 4.69) is 39.5 Å². The maximum absolute atomic E-state index is 11.8. The van der Waals surface area contributed by atoms with E-state index in [9.17, 15) is 4.79 Å². The van der Waals surface area contributed by atoms with Crippen molar-refractivity contribution in [3.8, 4) is 0 Å². The first-order valence-corrected chi connectivity index (χ1v) is 9.12. The monoisotopic (exact) mass is 353 g/mol. The van der Waals surface area contributed by atoms with Crippen LogP contribution in [0, 0.1) is 5.92 Å². The molecular formula is C20H27N5O. The summed E-state index contributed by atoms with van der Waals surface area (Å²) in [5, 5.41) is 4.19. The van der Waals surface area contributed by atoms with Crippen LogP contribution in [0.25, 0.3) is 10.9 Å². The maximum atomic E-state index is 11.8. The quantitative estimate of drug-likeness (QED) is 0.745. The number of aliphatic imine (C=N–C) groups is 1. The van der Waals surface area contributed by atoms with E-state index in [1.807, 2.05) is 26.1 Å². The van der Waals surface area contributed by atoms with Gasteiger partial charge in [0.25, 0.3) is 0 Å². The van der Waals surface area contributed by atoms with Gasteiger partial charge in [-0.3, -0.25) is 9.79 Å². The molecule has 1 aliphatic heterocycles. The summed E-state index contributed by atoms with van der Waals surface area (Å²) in [6.07, 6.45) is 6.17. The molecule has 1 unspecified atom stereocenters. The van der Waals surface area contributed by atoms with Crippen molar-refractivity contribution in [3.63, 3.8) is 0 Å². The van der Waals surface area contributed by atoms with Gasteiger partial charge < -0.3 is 20.9 Å². The molecule has 0 aliphatic carbocycles. The Bertz CT molecular complexity index is 820. The number of carbonyl (C=O) groups excluding carboxylic acids is 1. The second kappa shape index (κ2) is 8.08. The second-order valence-corrected chi connectivity index (χ2v) is 6.96. The van der Waals surface area contributed by atoms with Crippen LogP contribution in [0.5, 0.6) is 0 Å². The lowest BCUT2D eigenvalue weighted by atomic mass is 10.1. The van der Waals surface area contributed by atoms with E-state index in [1.54, 1.807) is 0 Å². The lowest BCUT2D eigenvalue weighted by Crippen LogP contribution is -2.42. The number of H-pyrrole nitrogens is 1. The van der Waals surface area contributed by atoms with E-state index < -0.39 is 0 Å². The van der Waals surface area contributed by atoms with Crippen molar-refractivity contribution >= 4 is 28.2 Å². The van der Waals surface area contributed by atoms with E-state index in [-0.39, 0.29) is 17.9 Å². The summed E-state index contributed by atoms with van der Waals surface area (Å²) in [5.74, 6) is 0.0871. The number of aromatic nitrogens is 1. The van der Waals surface area contributed by atoms with E-state index in [0.717, 1.165) is 30.7 Å². The molecular weight excluding hydrogens is 326 g/mol. The van der Waals surface area contributed by atoms with Crippen LogP contribution in [-0.4, -0.2) is 42.3 Å². The molecule has 0 bridgehead atoms. The molecule has 1 aliphatic rings. The first-order chi connectivity index (χ1) is 12.6. The summed E-state index contributed by atoms with van der Waals surface area (Å²) in [6.45, 7) is 5.98. The van der Waals surface area contributed by atoms with Crippen LogP contribution in [0.2, 0.25) is 0 Å². The molecule has 1 aromatic carbocycles. The highest BCUT2D eigenvalue weighted by molar-refractivity contribution is 6.01. The fourth-order valence-corrected chi connectivity index (χ4v) is 3.29. The number of amides is 1. The lowest BCUT2D eigenvalue weighted by Gasteiger charge is -2.33. The van der Waals surface area contributed by atoms with Gasteiger partial charge in [-0.05, 0) is 36.9 Å². The van der Waals surface area contributed by atoms with Crippen LogP contribution in [0.3, 0.4) is 0 Å². The first kappa shape index (κ1) is 18.0. The lowest BCUT2D eigenvalue weighted by molar-refractivity contribution is -0.123. The fraction of sp³-hybridized carbons (Fsp3) is 0.400. The van der Waals surface area contributed by atoms with Gasteiger partial charge in [0.1, 0.15) is 0 Å². The molecule has 0 spiro atoms. The molecule has 6 nitrogen and oxygen atoms in total. The van der Waals surface area contributed by atoms with Crippen LogP contribution in [0.15, 0.2) is 47.7 Å². The molecule has 2 heterocycles. The molecule has 1 aromatic heterocycles. The van der Waals surface area contributed by atoms with Crippen LogP contribution in [0.4, 0.5) is 5.69 Å². The average Bonchev–Trinajstić information content (AvgIpc) is 3.10. The van der Waals surface area contributed by atoms with E-state index >= 15 is 0 Å². The number of nitrogens with two attached hydrogens (primary N) is 1. The molecule has 3 rings (SSSR count). The number of hydrogen-bond acceptors (Lipinski definition) is 4. The number of anilines is 1. The third-order valence-corrected chi connectivity index (χ3v) is 4.63. The van der Waals surface area contributed by atoms with Gasteiger partial charge in [-0.2, -0.15) is 0 Å². The predicted molar refractivity (Wildman–Crippen MR) is 108 cm³/mol. The molecule has 0 saturated heterocycles. The van der Waals surface area contributed by atoms with Gasteiger partial charge in [0.15, 0.2) is 0 Å². The molecule has 26 heavy (non-hydrogen) atoms. The number of nitrogens with zero attached hydrogens (tertiary/aromatic N) is 2. The number of rotatable bonds is 6. The van der Waals surface area contributed by atoms with Gasteiger partial charge >= 0.3 is 0 Å². The molecule has 0 radical (unpaired) electrons. The summed E-state index contributed by atoms with van der Waals surface area (Å²) in [7, 11) is 0. The molecule has 4 N–H and O–H groups in total. The summed E-state index contributed by atoms with van der Waals surface area (Å²) in [5.41, 5.74) is 8.88.